The maximum atomic E-state index is 11.4. The zero-order valence-electron chi connectivity index (χ0n) is 7.54. The molecule has 74 valence electrons. The molecule has 13 heavy (non-hydrogen) atoms. The molecule has 5 nitrogen and oxygen atoms in total. The highest BCUT2D eigenvalue weighted by Crippen LogP contribution is 2.42. The van der Waals surface area contributed by atoms with Crippen LogP contribution in [0.3, 0.4) is 0 Å². The molecule has 0 radical (unpaired) electrons. The average molecular weight is 187 g/mol. The normalized spacial score (nSPS) is 18.6. The van der Waals surface area contributed by atoms with Crippen molar-refractivity contribution < 1.29 is 19.2 Å². The van der Waals surface area contributed by atoms with Crippen molar-refractivity contribution in [3.8, 4) is 0 Å². The van der Waals surface area contributed by atoms with Gasteiger partial charge in [0.2, 0.25) is 0 Å². The van der Waals surface area contributed by atoms with E-state index < -0.39 is 17.4 Å². The smallest absolute Gasteiger partial charge is 0.341 e. The fraction of sp³-hybridized carbons (Fsp3) is 0.750. The van der Waals surface area contributed by atoms with Gasteiger partial charge in [0.15, 0.2) is 5.41 Å². The molecule has 0 aromatic rings. The summed E-state index contributed by atoms with van der Waals surface area (Å²) in [6.07, 6.45) is 1.78. The molecule has 0 aromatic carbocycles. The van der Waals surface area contributed by atoms with E-state index >= 15 is 0 Å². The summed E-state index contributed by atoms with van der Waals surface area (Å²) in [5, 5.41) is 0. The molecule has 0 bridgehead atoms. The molecular formula is C8H13NO4. The zero-order chi connectivity index (χ0) is 9.90. The lowest BCUT2D eigenvalue weighted by Gasteiger charge is -2.35. The third-order valence-corrected chi connectivity index (χ3v) is 2.37. The van der Waals surface area contributed by atoms with Gasteiger partial charge in [-0.2, -0.15) is 5.90 Å². The Morgan fingerprint density at radius 3 is 2.31 bits per heavy atom. The topological polar surface area (TPSA) is 78.6 Å². The minimum atomic E-state index is -1.11. The van der Waals surface area contributed by atoms with Crippen LogP contribution in [-0.4, -0.2) is 18.5 Å². The number of esters is 1. The molecule has 1 saturated carbocycles. The minimum Gasteiger partial charge on any atom is -0.465 e. The number of hydrogen-bond donors (Lipinski definition) is 1. The molecule has 0 unspecified atom stereocenters. The van der Waals surface area contributed by atoms with Crippen LogP contribution in [0.5, 0.6) is 0 Å². The Hall–Kier alpha value is -1.10. The summed E-state index contributed by atoms with van der Waals surface area (Å²) < 4.78 is 4.78. The Kier molecular flexibility index (Phi) is 2.87. The molecule has 0 aliphatic heterocycles. The first-order chi connectivity index (χ1) is 6.17. The van der Waals surface area contributed by atoms with Crippen molar-refractivity contribution in [2.75, 3.05) is 6.61 Å². The highest BCUT2D eigenvalue weighted by molar-refractivity contribution is 6.00. The fourth-order valence-corrected chi connectivity index (χ4v) is 1.40. The van der Waals surface area contributed by atoms with Gasteiger partial charge in [0, 0.05) is 0 Å². The van der Waals surface area contributed by atoms with Crippen molar-refractivity contribution in [2.24, 2.45) is 11.3 Å². The molecule has 0 spiro atoms. The summed E-state index contributed by atoms with van der Waals surface area (Å²) in [7, 11) is 0. The SMILES string of the molecule is CCOC(=O)C1(C(=O)ON)CCC1. The molecule has 1 aliphatic carbocycles. The maximum Gasteiger partial charge on any atom is 0.341 e. The minimum absolute atomic E-state index is 0.262. The number of ether oxygens (including phenoxy) is 1. The van der Waals surface area contributed by atoms with E-state index in [-0.39, 0.29) is 6.61 Å². The second-order valence-corrected chi connectivity index (χ2v) is 3.06. The second kappa shape index (κ2) is 3.74. The van der Waals surface area contributed by atoms with Gasteiger partial charge in [-0.15, -0.1) is 0 Å². The van der Waals surface area contributed by atoms with Crippen molar-refractivity contribution in [1.82, 2.24) is 0 Å². The second-order valence-electron chi connectivity index (χ2n) is 3.06. The Bertz CT molecular complexity index is 222. The van der Waals surface area contributed by atoms with Crippen molar-refractivity contribution >= 4 is 11.9 Å². The molecule has 0 heterocycles. The summed E-state index contributed by atoms with van der Waals surface area (Å²) in [4.78, 5) is 26.6. The molecule has 2 N–H and O–H groups in total. The van der Waals surface area contributed by atoms with Gasteiger partial charge >= 0.3 is 11.9 Å². The van der Waals surface area contributed by atoms with E-state index in [4.69, 9.17) is 10.6 Å². The van der Waals surface area contributed by atoms with Crippen LogP contribution in [0.1, 0.15) is 26.2 Å². The summed E-state index contributed by atoms with van der Waals surface area (Å²) in [6.45, 7) is 1.95. The molecule has 5 heteroatoms. The molecule has 0 saturated heterocycles. The highest BCUT2D eigenvalue weighted by atomic mass is 16.7. The van der Waals surface area contributed by atoms with Crippen molar-refractivity contribution in [3.63, 3.8) is 0 Å². The van der Waals surface area contributed by atoms with Gasteiger partial charge in [-0.3, -0.25) is 4.79 Å². The van der Waals surface area contributed by atoms with Crippen LogP contribution in [-0.2, 0) is 19.2 Å². The first-order valence-corrected chi connectivity index (χ1v) is 4.26. The maximum absolute atomic E-state index is 11.4. The Labute approximate surface area is 76.1 Å². The third kappa shape index (κ3) is 1.51. The summed E-state index contributed by atoms with van der Waals surface area (Å²) in [5.41, 5.74) is -1.11. The fourth-order valence-electron chi connectivity index (χ4n) is 1.40. The van der Waals surface area contributed by atoms with Crippen LogP contribution in [0.25, 0.3) is 0 Å². The van der Waals surface area contributed by atoms with Gasteiger partial charge in [0.25, 0.3) is 0 Å². The zero-order valence-corrected chi connectivity index (χ0v) is 7.54. The van der Waals surface area contributed by atoms with E-state index in [1.165, 1.54) is 0 Å². The first kappa shape index (κ1) is 9.98. The van der Waals surface area contributed by atoms with Gasteiger partial charge in [-0.05, 0) is 26.2 Å². The van der Waals surface area contributed by atoms with E-state index in [2.05, 4.69) is 4.84 Å². The highest BCUT2D eigenvalue weighted by Gasteiger charge is 2.53. The van der Waals surface area contributed by atoms with Crippen molar-refractivity contribution in [3.05, 3.63) is 0 Å². The number of hydrogen-bond acceptors (Lipinski definition) is 5. The number of rotatable bonds is 3. The monoisotopic (exact) mass is 187 g/mol. The Balaban J connectivity index is 2.69. The molecule has 1 fully saturated rings. The van der Waals surface area contributed by atoms with E-state index in [0.29, 0.717) is 12.8 Å². The number of nitrogens with two attached hydrogens (primary N) is 1. The van der Waals surface area contributed by atoms with Gasteiger partial charge in [0.05, 0.1) is 6.61 Å². The summed E-state index contributed by atoms with van der Waals surface area (Å²) in [6, 6.07) is 0. The predicted molar refractivity (Wildman–Crippen MR) is 43.2 cm³/mol. The van der Waals surface area contributed by atoms with Crippen LogP contribution >= 0.6 is 0 Å². The predicted octanol–water partition coefficient (Wildman–Crippen LogP) is 0.137. The van der Waals surface area contributed by atoms with Gasteiger partial charge in [-0.1, -0.05) is 0 Å². The van der Waals surface area contributed by atoms with Crippen LogP contribution in [0.4, 0.5) is 0 Å². The first-order valence-electron chi connectivity index (χ1n) is 4.26. The van der Waals surface area contributed by atoms with E-state index in [9.17, 15) is 9.59 Å². The Morgan fingerprint density at radius 1 is 1.38 bits per heavy atom. The van der Waals surface area contributed by atoms with E-state index in [0.717, 1.165) is 6.42 Å². The van der Waals surface area contributed by atoms with Gasteiger partial charge in [-0.25, -0.2) is 4.79 Å². The average Bonchev–Trinajstić information content (AvgIpc) is 2.02. The number of carbonyl (C=O) groups excluding carboxylic acids is 2. The van der Waals surface area contributed by atoms with E-state index in [1.54, 1.807) is 6.92 Å². The van der Waals surface area contributed by atoms with E-state index in [1.807, 2.05) is 0 Å². The van der Waals surface area contributed by atoms with Crippen LogP contribution in [0.15, 0.2) is 0 Å². The summed E-state index contributed by atoms with van der Waals surface area (Å²) in [5.74, 6) is 3.54. The van der Waals surface area contributed by atoms with Gasteiger partial charge < -0.3 is 9.57 Å². The molecule has 1 aliphatic rings. The van der Waals surface area contributed by atoms with Gasteiger partial charge in [0.1, 0.15) is 0 Å². The van der Waals surface area contributed by atoms with Crippen LogP contribution in [0, 0.1) is 5.41 Å². The molecule has 0 aromatic heterocycles. The molecule has 1 rings (SSSR count). The van der Waals surface area contributed by atoms with Crippen molar-refractivity contribution in [2.45, 2.75) is 26.2 Å². The van der Waals surface area contributed by atoms with Crippen molar-refractivity contribution in [1.29, 1.82) is 0 Å². The Morgan fingerprint density at radius 2 is 2.00 bits per heavy atom. The largest absolute Gasteiger partial charge is 0.465 e. The lowest BCUT2D eigenvalue weighted by atomic mass is 9.69. The number of carbonyl (C=O) groups is 2. The lowest BCUT2D eigenvalue weighted by Crippen LogP contribution is -2.48. The summed E-state index contributed by atoms with van der Waals surface area (Å²) >= 11 is 0. The quantitative estimate of drug-likeness (QED) is 0.386. The van der Waals surface area contributed by atoms with Crippen LogP contribution in [0.2, 0.25) is 0 Å². The molecular weight excluding hydrogens is 174 g/mol. The molecule has 0 atom stereocenters. The van der Waals surface area contributed by atoms with Crippen LogP contribution < -0.4 is 5.90 Å². The lowest BCUT2D eigenvalue weighted by molar-refractivity contribution is -0.179. The third-order valence-electron chi connectivity index (χ3n) is 2.37. The standard InChI is InChI=1S/C8H13NO4/c1-2-12-6(10)8(4-3-5-8)7(11)13-9/h2-5,9H2,1H3. The molecule has 0 amide bonds.